The maximum absolute atomic E-state index is 12.0. The summed E-state index contributed by atoms with van der Waals surface area (Å²) in [5.41, 5.74) is -0.191. The lowest BCUT2D eigenvalue weighted by atomic mass is 10.1. The molecule has 10 heteroatoms. The van der Waals surface area contributed by atoms with Gasteiger partial charge in [0.2, 0.25) is 0 Å². The Bertz CT molecular complexity index is 792. The highest BCUT2D eigenvalue weighted by Crippen LogP contribution is 2.21. The normalized spacial score (nSPS) is 11.1. The number of carbonyl (C=O) groups is 3. The van der Waals surface area contributed by atoms with Gasteiger partial charge in [-0.1, -0.05) is 25.4 Å². The summed E-state index contributed by atoms with van der Waals surface area (Å²) in [5, 5.41) is 4.49. The van der Waals surface area contributed by atoms with Crippen molar-refractivity contribution in [3.8, 4) is 0 Å². The van der Waals surface area contributed by atoms with Gasteiger partial charge in [0.15, 0.2) is 16.4 Å². The van der Waals surface area contributed by atoms with Gasteiger partial charge in [-0.25, -0.2) is 18.0 Å². The van der Waals surface area contributed by atoms with Crippen molar-refractivity contribution in [3.05, 3.63) is 28.8 Å². The number of hydrogen-bond acceptors (Lipinski definition) is 6. The number of halogens is 1. The summed E-state index contributed by atoms with van der Waals surface area (Å²) >= 11 is 5.86. The van der Waals surface area contributed by atoms with Gasteiger partial charge in [-0.2, -0.15) is 0 Å². The van der Waals surface area contributed by atoms with Crippen LogP contribution in [0.2, 0.25) is 5.02 Å². The molecule has 144 valence electrons. The number of imide groups is 1. The summed E-state index contributed by atoms with van der Waals surface area (Å²) < 4.78 is 27.8. The van der Waals surface area contributed by atoms with E-state index in [0.717, 1.165) is 18.7 Å². The zero-order chi connectivity index (χ0) is 19.9. The first kappa shape index (κ1) is 21.9. The van der Waals surface area contributed by atoms with Crippen molar-refractivity contribution in [2.24, 2.45) is 5.92 Å². The molecule has 0 aliphatic heterocycles. The molecule has 0 saturated carbocycles. The van der Waals surface area contributed by atoms with Crippen LogP contribution in [0.4, 0.5) is 4.79 Å². The molecule has 0 unspecified atom stereocenters. The van der Waals surface area contributed by atoms with Gasteiger partial charge >= 0.3 is 12.0 Å². The standard InChI is InChI=1S/C16H21ClN2O6S/c1-10(2)6-7-18-16(22)19-14(20)9-25-15(21)12-8-11(26(3,23)24)4-5-13(12)17/h4-5,8,10H,6-7,9H2,1-3H3,(H2,18,19,20,22). The molecular weight excluding hydrogens is 384 g/mol. The molecule has 0 bridgehead atoms. The van der Waals surface area contributed by atoms with Crippen LogP contribution in [-0.4, -0.2) is 45.7 Å². The Morgan fingerprint density at radius 2 is 1.88 bits per heavy atom. The Balaban J connectivity index is 2.59. The summed E-state index contributed by atoms with van der Waals surface area (Å²) in [4.78, 5) is 35.0. The van der Waals surface area contributed by atoms with Crippen LogP contribution in [-0.2, 0) is 19.4 Å². The smallest absolute Gasteiger partial charge is 0.340 e. The van der Waals surface area contributed by atoms with Gasteiger partial charge in [0.1, 0.15) is 0 Å². The minimum Gasteiger partial charge on any atom is -0.452 e. The fourth-order valence-electron chi connectivity index (χ4n) is 1.78. The van der Waals surface area contributed by atoms with Gasteiger partial charge in [-0.3, -0.25) is 10.1 Å². The SMILES string of the molecule is CC(C)CCNC(=O)NC(=O)COC(=O)c1cc(S(C)(=O)=O)ccc1Cl. The number of nitrogens with one attached hydrogen (secondary N) is 2. The van der Waals surface area contributed by atoms with Gasteiger partial charge in [0, 0.05) is 12.8 Å². The fourth-order valence-corrected chi connectivity index (χ4v) is 2.62. The van der Waals surface area contributed by atoms with Crippen LogP contribution in [0.5, 0.6) is 0 Å². The van der Waals surface area contributed by atoms with Crippen LogP contribution in [0.15, 0.2) is 23.1 Å². The second kappa shape index (κ2) is 9.54. The van der Waals surface area contributed by atoms with Gasteiger partial charge < -0.3 is 10.1 Å². The molecule has 0 spiro atoms. The highest BCUT2D eigenvalue weighted by molar-refractivity contribution is 7.90. The third-order valence-corrected chi connectivity index (χ3v) is 4.62. The van der Waals surface area contributed by atoms with Crippen LogP contribution in [0.1, 0.15) is 30.6 Å². The van der Waals surface area contributed by atoms with Gasteiger partial charge in [0.25, 0.3) is 5.91 Å². The summed E-state index contributed by atoms with van der Waals surface area (Å²) in [6.45, 7) is 3.68. The Morgan fingerprint density at radius 3 is 2.46 bits per heavy atom. The zero-order valence-corrected chi connectivity index (χ0v) is 16.2. The fraction of sp³-hybridized carbons (Fsp3) is 0.438. The van der Waals surface area contributed by atoms with Crippen LogP contribution >= 0.6 is 11.6 Å². The highest BCUT2D eigenvalue weighted by atomic mass is 35.5. The molecule has 0 fully saturated rings. The molecule has 1 aromatic carbocycles. The van der Waals surface area contributed by atoms with Crippen molar-refractivity contribution in [3.63, 3.8) is 0 Å². The van der Waals surface area contributed by atoms with Crippen LogP contribution < -0.4 is 10.6 Å². The lowest BCUT2D eigenvalue weighted by Gasteiger charge is -2.09. The number of carbonyl (C=O) groups excluding carboxylic acids is 3. The van der Waals surface area contributed by atoms with E-state index in [0.29, 0.717) is 12.5 Å². The molecule has 0 aliphatic rings. The maximum Gasteiger partial charge on any atom is 0.340 e. The van der Waals surface area contributed by atoms with E-state index in [1.807, 2.05) is 19.2 Å². The number of ether oxygens (including phenoxy) is 1. The second-order valence-electron chi connectivity index (χ2n) is 5.98. The first-order chi connectivity index (χ1) is 12.0. The monoisotopic (exact) mass is 404 g/mol. The summed E-state index contributed by atoms with van der Waals surface area (Å²) in [5.74, 6) is -1.40. The molecule has 3 amide bonds. The maximum atomic E-state index is 12.0. The lowest BCUT2D eigenvalue weighted by Crippen LogP contribution is -2.42. The van der Waals surface area contributed by atoms with Crippen LogP contribution in [0, 0.1) is 5.92 Å². The number of amides is 3. The molecule has 1 aromatic rings. The Morgan fingerprint density at radius 1 is 1.23 bits per heavy atom. The van der Waals surface area contributed by atoms with E-state index in [1.165, 1.54) is 12.1 Å². The average molecular weight is 405 g/mol. The molecule has 0 aromatic heterocycles. The average Bonchev–Trinajstić information content (AvgIpc) is 2.51. The molecule has 0 atom stereocenters. The molecule has 26 heavy (non-hydrogen) atoms. The molecule has 8 nitrogen and oxygen atoms in total. The summed E-state index contributed by atoms with van der Waals surface area (Å²) in [6, 6.07) is 2.87. The first-order valence-electron chi connectivity index (χ1n) is 7.75. The van der Waals surface area contributed by atoms with Crippen LogP contribution in [0.3, 0.4) is 0 Å². The Kier molecular flexibility index (Phi) is 8.04. The minimum absolute atomic E-state index is 0.0192. The molecule has 1 rings (SSSR count). The topological polar surface area (TPSA) is 119 Å². The summed E-state index contributed by atoms with van der Waals surface area (Å²) in [7, 11) is -3.54. The van der Waals surface area contributed by atoms with E-state index in [4.69, 9.17) is 16.3 Å². The Labute approximate surface area is 157 Å². The third-order valence-electron chi connectivity index (χ3n) is 3.18. The highest BCUT2D eigenvalue weighted by Gasteiger charge is 2.18. The predicted molar refractivity (Wildman–Crippen MR) is 95.8 cm³/mol. The third kappa shape index (κ3) is 7.40. The number of hydrogen-bond donors (Lipinski definition) is 2. The number of benzene rings is 1. The van der Waals surface area contributed by atoms with E-state index in [-0.39, 0.29) is 15.5 Å². The van der Waals surface area contributed by atoms with Gasteiger partial charge in [0.05, 0.1) is 15.5 Å². The molecule has 0 radical (unpaired) electrons. The zero-order valence-electron chi connectivity index (χ0n) is 14.7. The molecule has 2 N–H and O–H groups in total. The van der Waals surface area contributed by atoms with E-state index >= 15 is 0 Å². The predicted octanol–water partition coefficient (Wildman–Crippen LogP) is 1.77. The largest absolute Gasteiger partial charge is 0.452 e. The van der Waals surface area contributed by atoms with E-state index < -0.39 is 34.4 Å². The van der Waals surface area contributed by atoms with Gasteiger partial charge in [-0.15, -0.1) is 0 Å². The van der Waals surface area contributed by atoms with E-state index in [9.17, 15) is 22.8 Å². The van der Waals surface area contributed by atoms with Crippen molar-refractivity contribution in [2.75, 3.05) is 19.4 Å². The van der Waals surface area contributed by atoms with E-state index in [2.05, 4.69) is 5.32 Å². The summed E-state index contributed by atoms with van der Waals surface area (Å²) in [6.07, 6.45) is 1.74. The lowest BCUT2D eigenvalue weighted by molar-refractivity contribution is -0.123. The molecule has 0 aliphatic carbocycles. The van der Waals surface area contributed by atoms with Crippen molar-refractivity contribution in [1.82, 2.24) is 10.6 Å². The van der Waals surface area contributed by atoms with Crippen molar-refractivity contribution < 1.29 is 27.5 Å². The Hall–Kier alpha value is -2.13. The van der Waals surface area contributed by atoms with Crippen LogP contribution in [0.25, 0.3) is 0 Å². The van der Waals surface area contributed by atoms with Crippen molar-refractivity contribution in [1.29, 1.82) is 0 Å². The minimum atomic E-state index is -3.54. The van der Waals surface area contributed by atoms with Crippen molar-refractivity contribution >= 4 is 39.3 Å². The molecular formula is C16H21ClN2O6S. The van der Waals surface area contributed by atoms with Gasteiger partial charge in [-0.05, 0) is 30.5 Å². The second-order valence-corrected chi connectivity index (χ2v) is 8.40. The molecule has 0 heterocycles. The number of esters is 1. The van der Waals surface area contributed by atoms with E-state index in [1.54, 1.807) is 0 Å². The quantitative estimate of drug-likeness (QED) is 0.668. The van der Waals surface area contributed by atoms with Crippen molar-refractivity contribution in [2.45, 2.75) is 25.2 Å². The number of urea groups is 1. The first-order valence-corrected chi connectivity index (χ1v) is 10.0. The number of rotatable bonds is 7. The molecule has 0 saturated heterocycles. The number of sulfone groups is 1.